The van der Waals surface area contributed by atoms with E-state index in [-0.39, 0.29) is 25.3 Å². The summed E-state index contributed by atoms with van der Waals surface area (Å²) in [6.07, 6.45) is 5.56. The molecule has 2 aliphatic rings. The van der Waals surface area contributed by atoms with Crippen LogP contribution in [0.2, 0.25) is 0 Å². The second-order valence-electron chi connectivity index (χ2n) is 17.6. The molecule has 0 aliphatic carbocycles. The molecule has 2 heterocycles. The minimum absolute atomic E-state index is 0.0860. The molecular weight excluding hydrogens is 889 g/mol. The second kappa shape index (κ2) is 23.2. The molecule has 16 heteroatoms. The zero-order valence-corrected chi connectivity index (χ0v) is 42.3. The Balaban J connectivity index is 1.09. The molecule has 4 atom stereocenters. The molecule has 0 radical (unpaired) electrons. The molecule has 0 amide bonds. The van der Waals surface area contributed by atoms with E-state index in [1.165, 1.54) is 5.56 Å². The van der Waals surface area contributed by atoms with Crippen molar-refractivity contribution in [2.24, 2.45) is 0 Å². The van der Waals surface area contributed by atoms with Crippen molar-refractivity contribution < 1.29 is 75.4 Å². The van der Waals surface area contributed by atoms with Crippen LogP contribution >= 0.6 is 0 Å². The molecule has 0 N–H and O–H groups in total. The third-order valence-electron chi connectivity index (χ3n) is 13.7. The SMILES string of the molecule is COc1ccc(C2c3cc(OC)c(OC)cc3CC[N+]2(C)CCCOC(=O)/C=C/C(=O)OCCC[N+]2(C)CCc3cc(OC)c(OC)c(OC)c3C2Cc2cc(OC)c(OC)c(OC)c2)cc1OC. The summed E-state index contributed by atoms with van der Waals surface area (Å²) in [5, 5.41) is 0. The number of likely N-dealkylation sites (N-methyl/N-ethyl adjacent to an activating group) is 2. The van der Waals surface area contributed by atoms with Gasteiger partial charge in [0.15, 0.2) is 46.0 Å². The summed E-state index contributed by atoms with van der Waals surface area (Å²) < 4.78 is 69.8. The van der Waals surface area contributed by atoms with Crippen LogP contribution in [0.15, 0.2) is 60.7 Å². The molecule has 69 heavy (non-hydrogen) atoms. The van der Waals surface area contributed by atoms with Crippen molar-refractivity contribution in [3.63, 3.8) is 0 Å². The van der Waals surface area contributed by atoms with Crippen molar-refractivity contribution in [1.82, 2.24) is 0 Å². The first-order valence-electron chi connectivity index (χ1n) is 23.1. The summed E-state index contributed by atoms with van der Waals surface area (Å²) in [5.74, 6) is 4.75. The summed E-state index contributed by atoms with van der Waals surface area (Å²) in [6, 6.07) is 15.9. The minimum Gasteiger partial charge on any atom is -0.493 e. The van der Waals surface area contributed by atoms with E-state index in [2.05, 4.69) is 32.3 Å². The monoisotopic (exact) mass is 958 g/mol. The lowest BCUT2D eigenvalue weighted by Crippen LogP contribution is -2.52. The van der Waals surface area contributed by atoms with Crippen molar-refractivity contribution >= 4 is 11.9 Å². The molecule has 6 rings (SSSR count). The zero-order chi connectivity index (χ0) is 49.9. The number of nitrogens with zero attached hydrogens (tertiary/aromatic N) is 2. The van der Waals surface area contributed by atoms with Crippen LogP contribution in [0.4, 0.5) is 0 Å². The molecule has 0 fully saturated rings. The van der Waals surface area contributed by atoms with Gasteiger partial charge in [-0.25, -0.2) is 9.59 Å². The van der Waals surface area contributed by atoms with Gasteiger partial charge < -0.3 is 65.8 Å². The Morgan fingerprint density at radius 1 is 0.522 bits per heavy atom. The first kappa shape index (κ1) is 51.9. The molecule has 4 aromatic rings. The van der Waals surface area contributed by atoms with E-state index in [1.54, 1.807) is 71.1 Å². The van der Waals surface area contributed by atoms with Gasteiger partial charge in [0.2, 0.25) is 11.5 Å². The number of benzene rings is 4. The molecule has 4 unspecified atom stereocenters. The lowest BCUT2D eigenvalue weighted by molar-refractivity contribution is -0.941. The van der Waals surface area contributed by atoms with E-state index < -0.39 is 11.9 Å². The Hall–Kier alpha value is -6.52. The van der Waals surface area contributed by atoms with Crippen molar-refractivity contribution in [2.45, 2.75) is 44.2 Å². The quantitative estimate of drug-likeness (QED) is 0.0318. The molecular formula is C53H70N2O14+2. The largest absolute Gasteiger partial charge is 0.493 e. The number of esters is 2. The van der Waals surface area contributed by atoms with Crippen LogP contribution in [0, 0.1) is 0 Å². The predicted molar refractivity (Wildman–Crippen MR) is 259 cm³/mol. The van der Waals surface area contributed by atoms with Gasteiger partial charge >= 0.3 is 11.9 Å². The lowest BCUT2D eigenvalue weighted by Gasteiger charge is -2.46. The van der Waals surface area contributed by atoms with Gasteiger partial charge in [-0.05, 0) is 65.2 Å². The predicted octanol–water partition coefficient (Wildman–Crippen LogP) is 7.27. The van der Waals surface area contributed by atoms with Gasteiger partial charge in [-0.15, -0.1) is 0 Å². The average Bonchev–Trinajstić information content (AvgIpc) is 3.37. The molecule has 16 nitrogen and oxygen atoms in total. The fraction of sp³-hybridized carbons (Fsp3) is 0.472. The van der Waals surface area contributed by atoms with E-state index in [4.69, 9.17) is 56.8 Å². The molecule has 2 aliphatic heterocycles. The fourth-order valence-corrected chi connectivity index (χ4v) is 10.2. The van der Waals surface area contributed by atoms with Gasteiger partial charge in [0, 0.05) is 55.4 Å². The Bertz CT molecular complexity index is 2450. The van der Waals surface area contributed by atoms with Crippen molar-refractivity contribution in [3.8, 4) is 57.5 Å². The van der Waals surface area contributed by atoms with Gasteiger partial charge in [-0.2, -0.15) is 0 Å². The van der Waals surface area contributed by atoms with Gasteiger partial charge in [-0.3, -0.25) is 0 Å². The highest BCUT2D eigenvalue weighted by Gasteiger charge is 2.44. The van der Waals surface area contributed by atoms with Gasteiger partial charge in [0.1, 0.15) is 12.1 Å². The van der Waals surface area contributed by atoms with Crippen LogP contribution in [-0.4, -0.2) is 145 Å². The van der Waals surface area contributed by atoms with E-state index in [9.17, 15) is 9.59 Å². The van der Waals surface area contributed by atoms with E-state index in [1.807, 2.05) is 30.3 Å². The van der Waals surface area contributed by atoms with Gasteiger partial charge in [-0.1, -0.05) is 0 Å². The van der Waals surface area contributed by atoms with Crippen LogP contribution in [0.25, 0.3) is 0 Å². The van der Waals surface area contributed by atoms with Crippen LogP contribution in [0.1, 0.15) is 58.3 Å². The number of hydrogen-bond acceptors (Lipinski definition) is 14. The Labute approximate surface area is 406 Å². The second-order valence-corrected chi connectivity index (χ2v) is 17.6. The van der Waals surface area contributed by atoms with Crippen molar-refractivity contribution in [3.05, 3.63) is 94.1 Å². The maximum absolute atomic E-state index is 12.9. The number of hydrogen-bond donors (Lipinski definition) is 0. The Kier molecular flexibility index (Phi) is 17.4. The molecule has 374 valence electrons. The fourth-order valence-electron chi connectivity index (χ4n) is 10.2. The molecule has 0 bridgehead atoms. The maximum Gasteiger partial charge on any atom is 0.331 e. The van der Waals surface area contributed by atoms with E-state index >= 15 is 0 Å². The standard InChI is InChI=1S/C53H70N2O14/c1-54(23-20-36-31-46(64-9)52(66-11)53(67-12)49(36)39(54)27-34-28-44(62-7)51(65-10)45(29-34)63-8)21-13-25-68-47(56)17-18-48(57)69-26-14-22-55(2)24-19-35-30-42(60-5)43(61-6)33-38(35)50(55)37-15-16-40(58-3)41(32-37)59-4/h15-18,28-33,39,50H,13-14,19-27H2,1-12H3/q+2/b18-17+. The zero-order valence-electron chi connectivity index (χ0n) is 42.3. The topological polar surface area (TPSA) is 145 Å². The van der Waals surface area contributed by atoms with Crippen LogP contribution in [0.5, 0.6) is 57.5 Å². The summed E-state index contributed by atoms with van der Waals surface area (Å²) in [4.78, 5) is 25.8. The Morgan fingerprint density at radius 3 is 1.55 bits per heavy atom. The first-order chi connectivity index (χ1) is 33.3. The number of carbonyl (C=O) groups is 2. The van der Waals surface area contributed by atoms with Crippen LogP contribution in [-0.2, 0) is 38.3 Å². The van der Waals surface area contributed by atoms with Gasteiger partial charge in [0.25, 0.3) is 0 Å². The summed E-state index contributed by atoms with van der Waals surface area (Å²) >= 11 is 0. The number of ether oxygens (including phenoxy) is 12. The maximum atomic E-state index is 12.9. The summed E-state index contributed by atoms with van der Waals surface area (Å²) in [6.45, 7) is 3.32. The number of fused-ring (bicyclic) bond motifs is 2. The highest BCUT2D eigenvalue weighted by atomic mass is 16.6. The molecule has 0 saturated heterocycles. The van der Waals surface area contributed by atoms with Gasteiger partial charge in [0.05, 0.1) is 130 Å². The molecule has 0 aromatic heterocycles. The van der Waals surface area contributed by atoms with Crippen molar-refractivity contribution in [2.75, 3.05) is 125 Å². The van der Waals surface area contributed by atoms with Crippen LogP contribution in [0.3, 0.4) is 0 Å². The highest BCUT2D eigenvalue weighted by Crippen LogP contribution is 2.51. The summed E-state index contributed by atoms with van der Waals surface area (Å²) in [5.41, 5.74) is 6.46. The molecule has 4 aromatic carbocycles. The number of rotatable bonds is 23. The third-order valence-corrected chi connectivity index (χ3v) is 13.7. The highest BCUT2D eigenvalue weighted by molar-refractivity contribution is 5.91. The third kappa shape index (κ3) is 11.2. The summed E-state index contributed by atoms with van der Waals surface area (Å²) in [7, 11) is 20.6. The smallest absolute Gasteiger partial charge is 0.331 e. The Morgan fingerprint density at radius 2 is 1.00 bits per heavy atom. The van der Waals surface area contributed by atoms with E-state index in [0.717, 1.165) is 65.9 Å². The lowest BCUT2D eigenvalue weighted by atomic mass is 9.85. The molecule has 0 saturated carbocycles. The van der Waals surface area contributed by atoms with E-state index in [0.29, 0.717) is 98.8 Å². The minimum atomic E-state index is -0.624. The number of carbonyl (C=O) groups excluding carboxylic acids is 2. The number of methoxy groups -OCH3 is 10. The van der Waals surface area contributed by atoms with Crippen molar-refractivity contribution in [1.29, 1.82) is 0 Å². The molecule has 0 spiro atoms. The first-order valence-corrected chi connectivity index (χ1v) is 23.1. The average molecular weight is 959 g/mol. The van der Waals surface area contributed by atoms with Crippen LogP contribution < -0.4 is 47.4 Å². The number of quaternary nitrogens is 2. The normalized spacial score (nSPS) is 19.4.